The topological polar surface area (TPSA) is 27.6 Å². The third-order valence-corrected chi connectivity index (χ3v) is 1.69. The van der Waals surface area contributed by atoms with Crippen LogP contribution in [-0.2, 0) is 0 Å². The van der Waals surface area contributed by atoms with E-state index < -0.39 is 0 Å². The van der Waals surface area contributed by atoms with Crippen molar-refractivity contribution < 1.29 is 5.73 Å². The minimum atomic E-state index is 0.345. The summed E-state index contributed by atoms with van der Waals surface area (Å²) in [4.78, 5) is 0. The second-order valence-corrected chi connectivity index (χ2v) is 2.89. The molecule has 0 saturated carbocycles. The van der Waals surface area contributed by atoms with Gasteiger partial charge < -0.3 is 5.73 Å². The van der Waals surface area contributed by atoms with E-state index in [1.165, 1.54) is 5.56 Å². The minimum absolute atomic E-state index is 0.345. The summed E-state index contributed by atoms with van der Waals surface area (Å²) in [5, 5.41) is 0.782. The molecule has 2 heteroatoms. The lowest BCUT2D eigenvalue weighted by Gasteiger charge is -2.00. The van der Waals surface area contributed by atoms with Crippen LogP contribution in [0.1, 0.15) is 18.5 Å². The number of quaternary nitrogens is 1. The Bertz CT molecular complexity index is 203. The lowest BCUT2D eigenvalue weighted by molar-refractivity contribution is -0.420. The third-order valence-electron chi connectivity index (χ3n) is 1.44. The number of benzene rings is 1. The summed E-state index contributed by atoms with van der Waals surface area (Å²) < 4.78 is 0. The van der Waals surface area contributed by atoms with Gasteiger partial charge in [0.2, 0.25) is 0 Å². The summed E-state index contributed by atoms with van der Waals surface area (Å²) in [6, 6.07) is 8.12. The number of hydrogen-bond acceptors (Lipinski definition) is 0. The maximum Gasteiger partial charge on any atom is 0.107 e. The van der Waals surface area contributed by atoms with Crippen LogP contribution in [0.3, 0.4) is 0 Å². The molecule has 1 aromatic rings. The molecule has 0 fully saturated rings. The van der Waals surface area contributed by atoms with Crippen molar-refractivity contribution in [3.8, 4) is 0 Å². The first-order chi connectivity index (χ1) is 4.70. The Balaban J connectivity index is 2.89. The van der Waals surface area contributed by atoms with Crippen molar-refractivity contribution in [2.45, 2.75) is 13.0 Å². The van der Waals surface area contributed by atoms with Gasteiger partial charge in [-0.25, -0.2) is 0 Å². The van der Waals surface area contributed by atoms with Crippen LogP contribution < -0.4 is 5.73 Å². The summed E-state index contributed by atoms with van der Waals surface area (Å²) in [5.74, 6) is 0. The molecule has 0 bridgehead atoms. The fraction of sp³-hybridized carbons (Fsp3) is 0.250. The Morgan fingerprint density at radius 2 is 1.80 bits per heavy atom. The van der Waals surface area contributed by atoms with Gasteiger partial charge in [-0.15, -0.1) is 0 Å². The summed E-state index contributed by atoms with van der Waals surface area (Å²) in [5.41, 5.74) is 5.12. The van der Waals surface area contributed by atoms with Crippen molar-refractivity contribution in [1.29, 1.82) is 0 Å². The molecule has 54 valence electrons. The van der Waals surface area contributed by atoms with Crippen LogP contribution in [0.5, 0.6) is 0 Å². The van der Waals surface area contributed by atoms with Crippen LogP contribution in [0.2, 0.25) is 5.02 Å². The van der Waals surface area contributed by atoms with E-state index in [-0.39, 0.29) is 0 Å². The van der Waals surface area contributed by atoms with Crippen LogP contribution in [-0.4, -0.2) is 0 Å². The first kappa shape index (κ1) is 7.58. The van der Waals surface area contributed by atoms with Gasteiger partial charge in [-0.1, -0.05) is 23.7 Å². The van der Waals surface area contributed by atoms with E-state index in [1.54, 1.807) is 0 Å². The maximum absolute atomic E-state index is 5.70. The van der Waals surface area contributed by atoms with Crippen molar-refractivity contribution in [3.63, 3.8) is 0 Å². The second kappa shape index (κ2) is 3.04. The molecule has 0 amide bonds. The average molecular weight is 157 g/mol. The smallest absolute Gasteiger partial charge is 0.107 e. The molecule has 0 heterocycles. The van der Waals surface area contributed by atoms with Crippen LogP contribution in [0.15, 0.2) is 24.3 Å². The lowest BCUT2D eigenvalue weighted by atomic mass is 10.1. The monoisotopic (exact) mass is 156 g/mol. The molecule has 0 aliphatic heterocycles. The molecule has 0 aliphatic carbocycles. The summed E-state index contributed by atoms with van der Waals surface area (Å²) in [6.45, 7) is 2.06. The zero-order chi connectivity index (χ0) is 7.56. The van der Waals surface area contributed by atoms with E-state index in [9.17, 15) is 0 Å². The maximum atomic E-state index is 5.70. The number of halogens is 1. The van der Waals surface area contributed by atoms with E-state index in [4.69, 9.17) is 11.6 Å². The van der Waals surface area contributed by atoms with Gasteiger partial charge in [0.05, 0.1) is 0 Å². The highest BCUT2D eigenvalue weighted by Gasteiger charge is 1.99. The lowest BCUT2D eigenvalue weighted by Crippen LogP contribution is -2.51. The SMILES string of the molecule is C[C@@H]([NH3+])c1ccc(Cl)cc1. The highest BCUT2D eigenvalue weighted by atomic mass is 35.5. The fourth-order valence-electron chi connectivity index (χ4n) is 0.791. The zero-order valence-corrected chi connectivity index (χ0v) is 6.73. The third kappa shape index (κ3) is 1.72. The fourth-order valence-corrected chi connectivity index (χ4v) is 0.917. The summed E-state index contributed by atoms with van der Waals surface area (Å²) in [7, 11) is 0. The molecule has 1 nitrogen and oxygen atoms in total. The first-order valence-corrected chi connectivity index (χ1v) is 3.66. The average Bonchev–Trinajstić information content (AvgIpc) is 1.88. The van der Waals surface area contributed by atoms with Crippen LogP contribution in [0, 0.1) is 0 Å². The van der Waals surface area contributed by atoms with Crippen LogP contribution >= 0.6 is 11.6 Å². The van der Waals surface area contributed by atoms with E-state index in [2.05, 4.69) is 12.7 Å². The van der Waals surface area contributed by atoms with Crippen LogP contribution in [0.25, 0.3) is 0 Å². The summed E-state index contributed by atoms with van der Waals surface area (Å²) in [6.07, 6.45) is 0. The standard InChI is InChI=1S/C8H10ClN/c1-6(10)7-2-4-8(9)5-3-7/h2-6H,10H2,1H3/p+1/t6-/m1/s1. The summed E-state index contributed by atoms with van der Waals surface area (Å²) >= 11 is 5.70. The second-order valence-electron chi connectivity index (χ2n) is 2.45. The minimum Gasteiger partial charge on any atom is -0.352 e. The molecular weight excluding hydrogens is 146 g/mol. The van der Waals surface area contributed by atoms with Gasteiger partial charge in [-0.2, -0.15) is 0 Å². The number of rotatable bonds is 1. The van der Waals surface area contributed by atoms with Crippen LogP contribution in [0.4, 0.5) is 0 Å². The molecule has 0 aromatic heterocycles. The Kier molecular flexibility index (Phi) is 2.30. The van der Waals surface area contributed by atoms with E-state index in [0.717, 1.165) is 5.02 Å². The van der Waals surface area contributed by atoms with Crippen molar-refractivity contribution >= 4 is 11.6 Å². The molecule has 0 spiro atoms. The van der Waals surface area contributed by atoms with Crippen molar-refractivity contribution in [3.05, 3.63) is 34.9 Å². The Morgan fingerprint density at radius 3 is 2.20 bits per heavy atom. The molecule has 1 atom stereocenters. The van der Waals surface area contributed by atoms with Crippen molar-refractivity contribution in [1.82, 2.24) is 0 Å². The molecule has 1 aromatic carbocycles. The van der Waals surface area contributed by atoms with Gasteiger partial charge in [0.1, 0.15) is 6.04 Å². The van der Waals surface area contributed by atoms with E-state index in [1.807, 2.05) is 24.3 Å². The van der Waals surface area contributed by atoms with Gasteiger partial charge in [0.15, 0.2) is 0 Å². The molecule has 10 heavy (non-hydrogen) atoms. The highest BCUT2D eigenvalue weighted by molar-refractivity contribution is 6.30. The van der Waals surface area contributed by atoms with Gasteiger partial charge in [0.25, 0.3) is 0 Å². The van der Waals surface area contributed by atoms with Gasteiger partial charge >= 0.3 is 0 Å². The van der Waals surface area contributed by atoms with Crippen molar-refractivity contribution in [2.75, 3.05) is 0 Å². The number of hydrogen-bond donors (Lipinski definition) is 1. The predicted molar refractivity (Wildman–Crippen MR) is 42.8 cm³/mol. The van der Waals surface area contributed by atoms with Gasteiger partial charge in [-0.3, -0.25) is 0 Å². The molecular formula is C8H11ClN+. The normalized spacial score (nSPS) is 13.1. The quantitative estimate of drug-likeness (QED) is 0.641. The van der Waals surface area contributed by atoms with E-state index in [0.29, 0.717) is 6.04 Å². The molecule has 1 rings (SSSR count). The zero-order valence-electron chi connectivity index (χ0n) is 5.97. The Hall–Kier alpha value is -0.530. The molecule has 0 radical (unpaired) electrons. The predicted octanol–water partition coefficient (Wildman–Crippen LogP) is 1.64. The van der Waals surface area contributed by atoms with Gasteiger partial charge in [-0.05, 0) is 19.1 Å². The first-order valence-electron chi connectivity index (χ1n) is 3.28. The van der Waals surface area contributed by atoms with Crippen molar-refractivity contribution in [2.24, 2.45) is 0 Å². The molecule has 0 unspecified atom stereocenters. The van der Waals surface area contributed by atoms with Gasteiger partial charge in [0, 0.05) is 10.6 Å². The molecule has 0 aliphatic rings. The van der Waals surface area contributed by atoms with E-state index >= 15 is 0 Å². The Morgan fingerprint density at radius 1 is 1.30 bits per heavy atom. The molecule has 3 N–H and O–H groups in total. The molecule has 0 saturated heterocycles. The Labute approximate surface area is 65.8 Å². The largest absolute Gasteiger partial charge is 0.352 e. The highest BCUT2D eigenvalue weighted by Crippen LogP contribution is 2.12.